The largest absolute Gasteiger partial charge is 0.478 e. The van der Waals surface area contributed by atoms with E-state index in [9.17, 15) is 13.2 Å². The summed E-state index contributed by atoms with van der Waals surface area (Å²) >= 11 is 0. The molecule has 84 valence electrons. The Kier molecular flexibility index (Phi) is 5.53. The van der Waals surface area contributed by atoms with Crippen molar-refractivity contribution in [3.8, 4) is 0 Å². The maximum Gasteiger partial charge on any atom is 0.397 e. The molecule has 0 spiro atoms. The van der Waals surface area contributed by atoms with Gasteiger partial charge in [0.05, 0.1) is 12.7 Å². The highest BCUT2D eigenvalue weighted by molar-refractivity contribution is 7.80. The molecule has 15 heavy (non-hydrogen) atoms. The topological polar surface area (TPSA) is 101 Å². The van der Waals surface area contributed by atoms with Crippen molar-refractivity contribution in [3.05, 3.63) is 35.9 Å². The molecule has 0 saturated heterocycles. The molecular weight excluding hydrogens is 224 g/mol. The molecule has 0 fully saturated rings. The number of hydrogen-bond donors (Lipinski definition) is 2. The van der Waals surface area contributed by atoms with Gasteiger partial charge in [0.15, 0.2) is 0 Å². The van der Waals surface area contributed by atoms with E-state index in [1.165, 1.54) is 0 Å². The fraction of sp³-hybridized carbons (Fsp3) is 0.125. The highest BCUT2D eigenvalue weighted by Crippen LogP contribution is 1.96. The second-order valence-corrected chi connectivity index (χ2v) is 3.45. The fourth-order valence-corrected chi connectivity index (χ4v) is 0.581. The molecule has 0 radical (unpaired) electrons. The standard InChI is InChI=1S/C7H6O2.CH4O4S/c8-7(9)6-4-2-1-3-5-6;1-5-6(2,3)4/h1-5H,(H,8,9);1H3,(H,2,3,4). The second-order valence-electron chi connectivity index (χ2n) is 2.27. The van der Waals surface area contributed by atoms with Crippen LogP contribution in [0.3, 0.4) is 0 Å². The first-order valence-corrected chi connectivity index (χ1v) is 5.04. The summed E-state index contributed by atoms with van der Waals surface area (Å²) in [5, 5.41) is 8.38. The maximum absolute atomic E-state index is 10.2. The van der Waals surface area contributed by atoms with E-state index in [0.29, 0.717) is 5.56 Å². The van der Waals surface area contributed by atoms with Gasteiger partial charge in [-0.05, 0) is 12.1 Å². The Bertz CT molecular complexity index is 396. The molecule has 1 aromatic rings. The summed E-state index contributed by atoms with van der Waals surface area (Å²) in [7, 11) is -3.29. The van der Waals surface area contributed by atoms with Crippen molar-refractivity contribution in [2.45, 2.75) is 0 Å². The zero-order valence-corrected chi connectivity index (χ0v) is 8.64. The van der Waals surface area contributed by atoms with Crippen molar-refractivity contribution in [1.82, 2.24) is 0 Å². The molecule has 0 aliphatic carbocycles. The molecule has 1 rings (SSSR count). The van der Waals surface area contributed by atoms with E-state index in [4.69, 9.17) is 9.66 Å². The van der Waals surface area contributed by atoms with Gasteiger partial charge in [0.2, 0.25) is 0 Å². The molecule has 1 aromatic carbocycles. The van der Waals surface area contributed by atoms with Gasteiger partial charge in [-0.2, -0.15) is 8.42 Å². The SMILES string of the molecule is COS(=O)(=O)O.O=C(O)c1ccccc1. The van der Waals surface area contributed by atoms with E-state index in [2.05, 4.69) is 4.18 Å². The molecule has 0 heterocycles. The first kappa shape index (κ1) is 13.6. The number of carboxylic acid groups (broad SMARTS) is 1. The minimum absolute atomic E-state index is 0.331. The van der Waals surface area contributed by atoms with Crippen LogP contribution in [0.4, 0.5) is 0 Å². The second kappa shape index (κ2) is 6.12. The highest BCUT2D eigenvalue weighted by Gasteiger charge is 1.96. The minimum atomic E-state index is -4.16. The van der Waals surface area contributed by atoms with Gasteiger partial charge in [0.25, 0.3) is 0 Å². The average molecular weight is 234 g/mol. The molecule has 7 heteroatoms. The van der Waals surface area contributed by atoms with Crippen LogP contribution >= 0.6 is 0 Å². The number of benzene rings is 1. The zero-order chi connectivity index (χ0) is 11.9. The first-order valence-electron chi connectivity index (χ1n) is 3.68. The molecule has 0 aliphatic heterocycles. The maximum atomic E-state index is 10.2. The molecule has 0 atom stereocenters. The van der Waals surface area contributed by atoms with E-state index < -0.39 is 16.4 Å². The smallest absolute Gasteiger partial charge is 0.397 e. The van der Waals surface area contributed by atoms with Gasteiger partial charge in [0.1, 0.15) is 0 Å². The van der Waals surface area contributed by atoms with Gasteiger partial charge < -0.3 is 5.11 Å². The van der Waals surface area contributed by atoms with E-state index in [1.807, 2.05) is 0 Å². The number of carboxylic acids is 1. The lowest BCUT2D eigenvalue weighted by Crippen LogP contribution is -1.96. The van der Waals surface area contributed by atoms with Gasteiger partial charge in [-0.15, -0.1) is 0 Å². The van der Waals surface area contributed by atoms with Crippen LogP contribution in [-0.4, -0.2) is 31.2 Å². The normalized spacial score (nSPS) is 10.0. The van der Waals surface area contributed by atoms with Gasteiger partial charge in [-0.3, -0.25) is 8.74 Å². The quantitative estimate of drug-likeness (QED) is 0.734. The van der Waals surface area contributed by atoms with Gasteiger partial charge in [-0.1, -0.05) is 18.2 Å². The summed E-state index contributed by atoms with van der Waals surface area (Å²) in [6, 6.07) is 8.30. The third-order valence-electron chi connectivity index (χ3n) is 1.23. The molecule has 2 N–H and O–H groups in total. The van der Waals surface area contributed by atoms with Gasteiger partial charge in [-0.25, -0.2) is 4.79 Å². The lowest BCUT2D eigenvalue weighted by Gasteiger charge is -1.88. The molecule has 0 bridgehead atoms. The van der Waals surface area contributed by atoms with E-state index in [1.54, 1.807) is 30.3 Å². The summed E-state index contributed by atoms with van der Waals surface area (Å²) in [5.74, 6) is -0.879. The summed E-state index contributed by atoms with van der Waals surface area (Å²) < 4.78 is 29.7. The summed E-state index contributed by atoms with van der Waals surface area (Å²) in [5.41, 5.74) is 0.331. The molecule has 6 nitrogen and oxygen atoms in total. The van der Waals surface area contributed by atoms with Crippen LogP contribution < -0.4 is 0 Å². The third kappa shape index (κ3) is 7.62. The Labute approximate surface area is 87.1 Å². The predicted octanol–water partition coefficient (Wildman–Crippen LogP) is 0.820. The molecule has 0 unspecified atom stereocenters. The lowest BCUT2D eigenvalue weighted by molar-refractivity contribution is 0.0697. The van der Waals surface area contributed by atoms with Crippen molar-refractivity contribution in [2.24, 2.45) is 0 Å². The van der Waals surface area contributed by atoms with Crippen molar-refractivity contribution >= 4 is 16.4 Å². The molecule has 0 amide bonds. The van der Waals surface area contributed by atoms with E-state index in [0.717, 1.165) is 7.11 Å². The monoisotopic (exact) mass is 234 g/mol. The molecule has 0 saturated carbocycles. The number of carbonyl (C=O) groups is 1. The van der Waals surface area contributed by atoms with Crippen molar-refractivity contribution in [1.29, 1.82) is 0 Å². The van der Waals surface area contributed by atoms with Crippen LogP contribution in [0.25, 0.3) is 0 Å². The van der Waals surface area contributed by atoms with Crippen LogP contribution in [0.2, 0.25) is 0 Å². The van der Waals surface area contributed by atoms with Crippen LogP contribution in [0.1, 0.15) is 10.4 Å². The Morgan fingerprint density at radius 1 is 1.27 bits per heavy atom. The predicted molar refractivity (Wildman–Crippen MR) is 52.0 cm³/mol. The Hall–Kier alpha value is -1.44. The van der Waals surface area contributed by atoms with E-state index >= 15 is 0 Å². The Morgan fingerprint density at radius 3 is 1.87 bits per heavy atom. The fourth-order valence-electron chi connectivity index (χ4n) is 0.581. The third-order valence-corrected chi connectivity index (χ3v) is 1.65. The zero-order valence-electron chi connectivity index (χ0n) is 7.82. The van der Waals surface area contributed by atoms with Crippen molar-refractivity contribution < 1.29 is 27.1 Å². The highest BCUT2D eigenvalue weighted by atomic mass is 32.3. The van der Waals surface area contributed by atoms with Crippen LogP contribution in [0.15, 0.2) is 30.3 Å². The average Bonchev–Trinajstić information content (AvgIpc) is 2.19. The molecule has 0 aliphatic rings. The molecular formula is C8H10O6S. The van der Waals surface area contributed by atoms with E-state index in [-0.39, 0.29) is 0 Å². The summed E-state index contributed by atoms with van der Waals surface area (Å²) in [6.07, 6.45) is 0. The minimum Gasteiger partial charge on any atom is -0.478 e. The summed E-state index contributed by atoms with van der Waals surface area (Å²) in [4.78, 5) is 10.2. The van der Waals surface area contributed by atoms with Crippen molar-refractivity contribution in [2.75, 3.05) is 7.11 Å². The molecule has 0 aromatic heterocycles. The van der Waals surface area contributed by atoms with Crippen LogP contribution in [-0.2, 0) is 14.6 Å². The Balaban J connectivity index is 0.000000288. The number of aromatic carboxylic acids is 1. The number of rotatable bonds is 2. The Morgan fingerprint density at radius 2 is 1.67 bits per heavy atom. The number of hydrogen-bond acceptors (Lipinski definition) is 4. The van der Waals surface area contributed by atoms with Gasteiger partial charge >= 0.3 is 16.4 Å². The van der Waals surface area contributed by atoms with Crippen LogP contribution in [0, 0.1) is 0 Å². The summed E-state index contributed by atoms with van der Waals surface area (Å²) in [6.45, 7) is 0. The van der Waals surface area contributed by atoms with Crippen LogP contribution in [0.5, 0.6) is 0 Å². The van der Waals surface area contributed by atoms with Crippen molar-refractivity contribution in [3.63, 3.8) is 0 Å². The first-order chi connectivity index (χ1) is 6.87. The lowest BCUT2D eigenvalue weighted by atomic mass is 10.2. The van der Waals surface area contributed by atoms with Gasteiger partial charge in [0, 0.05) is 0 Å².